The number of hydrogen-bond acceptors (Lipinski definition) is 6. The first-order valence-corrected chi connectivity index (χ1v) is 33.3. The Labute approximate surface area is 472 Å². The van der Waals surface area contributed by atoms with E-state index in [0.717, 1.165) is 96.3 Å². The summed E-state index contributed by atoms with van der Waals surface area (Å²) >= 11 is 0. The lowest BCUT2D eigenvalue weighted by molar-refractivity contribution is -0.167. The van der Waals surface area contributed by atoms with E-state index in [0.29, 0.717) is 19.3 Å². The van der Waals surface area contributed by atoms with E-state index in [9.17, 15) is 14.4 Å². The Balaban J connectivity index is 4.38. The van der Waals surface area contributed by atoms with Crippen LogP contribution >= 0.6 is 0 Å². The molecule has 0 radical (unpaired) electrons. The molecule has 0 saturated carbocycles. The van der Waals surface area contributed by atoms with Gasteiger partial charge in [-0.15, -0.1) is 0 Å². The molecule has 0 rings (SSSR count). The molecule has 76 heavy (non-hydrogen) atoms. The molecule has 0 aliphatic rings. The van der Waals surface area contributed by atoms with Crippen molar-refractivity contribution in [3.05, 3.63) is 60.8 Å². The molecule has 0 saturated heterocycles. The van der Waals surface area contributed by atoms with Crippen molar-refractivity contribution in [2.45, 2.75) is 354 Å². The van der Waals surface area contributed by atoms with Crippen molar-refractivity contribution in [3.63, 3.8) is 0 Å². The van der Waals surface area contributed by atoms with Crippen molar-refractivity contribution in [2.75, 3.05) is 13.2 Å². The third-order valence-electron chi connectivity index (χ3n) is 14.8. The van der Waals surface area contributed by atoms with E-state index in [1.165, 1.54) is 212 Å². The molecule has 0 aromatic rings. The minimum absolute atomic E-state index is 0.0830. The summed E-state index contributed by atoms with van der Waals surface area (Å²) in [4.78, 5) is 38.4. The molecule has 0 amide bonds. The topological polar surface area (TPSA) is 78.9 Å². The lowest BCUT2D eigenvalue weighted by Gasteiger charge is -2.18. The fourth-order valence-corrected chi connectivity index (χ4v) is 9.83. The summed E-state index contributed by atoms with van der Waals surface area (Å²) in [7, 11) is 0. The van der Waals surface area contributed by atoms with Crippen LogP contribution in [0.4, 0.5) is 0 Å². The van der Waals surface area contributed by atoms with Gasteiger partial charge in [-0.3, -0.25) is 14.4 Å². The van der Waals surface area contributed by atoms with Crippen molar-refractivity contribution < 1.29 is 28.6 Å². The zero-order chi connectivity index (χ0) is 55.0. The molecule has 1 unspecified atom stereocenters. The van der Waals surface area contributed by atoms with Crippen molar-refractivity contribution in [3.8, 4) is 0 Å². The zero-order valence-electron chi connectivity index (χ0n) is 50.8. The van der Waals surface area contributed by atoms with Crippen LogP contribution in [0.3, 0.4) is 0 Å². The van der Waals surface area contributed by atoms with Gasteiger partial charge in [0.2, 0.25) is 0 Å². The molecule has 0 fully saturated rings. The maximum Gasteiger partial charge on any atom is 0.306 e. The Bertz CT molecular complexity index is 1360. The summed E-state index contributed by atoms with van der Waals surface area (Å²) in [6.45, 7) is 6.57. The Morgan fingerprint density at radius 2 is 0.513 bits per heavy atom. The molecule has 0 aromatic carbocycles. The molecule has 0 aliphatic heterocycles. The van der Waals surface area contributed by atoms with E-state index in [1.54, 1.807) is 0 Å². The largest absolute Gasteiger partial charge is 0.462 e. The van der Waals surface area contributed by atoms with Gasteiger partial charge < -0.3 is 14.2 Å². The van der Waals surface area contributed by atoms with Crippen LogP contribution in [0.1, 0.15) is 348 Å². The average Bonchev–Trinajstić information content (AvgIpc) is 3.42. The number of unbranched alkanes of at least 4 members (excludes halogenated alkanes) is 40. The first-order valence-electron chi connectivity index (χ1n) is 33.3. The first-order chi connectivity index (χ1) is 37.5. The highest BCUT2D eigenvalue weighted by Crippen LogP contribution is 2.18. The summed E-state index contributed by atoms with van der Waals surface area (Å²) in [5.41, 5.74) is 0. The van der Waals surface area contributed by atoms with Crippen LogP contribution in [0, 0.1) is 0 Å². The summed E-state index contributed by atoms with van der Waals surface area (Å²) in [5.74, 6) is -0.891. The Morgan fingerprint density at radius 3 is 0.803 bits per heavy atom. The lowest BCUT2D eigenvalue weighted by atomic mass is 10.0. The molecule has 0 heterocycles. The van der Waals surface area contributed by atoms with E-state index >= 15 is 0 Å². The first kappa shape index (κ1) is 73.1. The highest BCUT2D eigenvalue weighted by Gasteiger charge is 2.19. The van der Waals surface area contributed by atoms with Gasteiger partial charge in [-0.25, -0.2) is 0 Å². The Morgan fingerprint density at radius 1 is 0.276 bits per heavy atom. The fraction of sp³-hybridized carbons (Fsp3) is 0.814. The summed E-state index contributed by atoms with van der Waals surface area (Å²) in [5, 5.41) is 0. The van der Waals surface area contributed by atoms with Gasteiger partial charge in [0, 0.05) is 19.3 Å². The van der Waals surface area contributed by atoms with E-state index < -0.39 is 6.10 Å². The van der Waals surface area contributed by atoms with E-state index in [-0.39, 0.29) is 31.1 Å². The number of carbonyl (C=O) groups excluding carboxylic acids is 3. The molecule has 6 nitrogen and oxygen atoms in total. The normalized spacial score (nSPS) is 12.4. The van der Waals surface area contributed by atoms with Gasteiger partial charge in [-0.05, 0) is 64.2 Å². The second-order valence-electron chi connectivity index (χ2n) is 22.4. The van der Waals surface area contributed by atoms with Gasteiger partial charge >= 0.3 is 17.9 Å². The molecular formula is C70H126O6. The molecule has 1 atom stereocenters. The molecule has 0 spiro atoms. The Hall–Kier alpha value is -2.89. The molecule has 0 aliphatic carbocycles. The number of allylic oxidation sites excluding steroid dienone is 10. The van der Waals surface area contributed by atoms with Crippen LogP contribution in [0.25, 0.3) is 0 Å². The van der Waals surface area contributed by atoms with Gasteiger partial charge in [0.05, 0.1) is 0 Å². The highest BCUT2D eigenvalue weighted by atomic mass is 16.6. The maximum absolute atomic E-state index is 12.9. The number of esters is 3. The monoisotopic (exact) mass is 1060 g/mol. The average molecular weight is 1060 g/mol. The quantitative estimate of drug-likeness (QED) is 0.0261. The molecule has 0 aromatic heterocycles. The highest BCUT2D eigenvalue weighted by molar-refractivity contribution is 5.71. The third kappa shape index (κ3) is 62.0. The maximum atomic E-state index is 12.9. The number of ether oxygens (including phenoxy) is 3. The van der Waals surface area contributed by atoms with Crippen LogP contribution in [0.15, 0.2) is 60.8 Å². The van der Waals surface area contributed by atoms with Crippen LogP contribution in [0.5, 0.6) is 0 Å². The standard InChI is InChI=1S/C70H126O6/c1-4-7-10-13-16-19-22-25-28-31-34-37-39-42-45-48-51-54-57-60-63-69(72)75-66-67(76-70(73)64-61-58-55-52-49-46-43-40-36-33-30-27-24-21-18-15-12-9-6-3)65-74-68(71)62-59-56-53-50-47-44-41-38-35-32-29-26-23-20-17-14-11-8-5-2/h9,12,18,21,27,30,36,40,46,49,67H,4-8,10-11,13-17,19-20,22-26,28-29,31-35,37-39,41-45,47-48,50-66H2,1-3H3/b12-9-,21-18-,30-27-,40-36-,49-46-. The van der Waals surface area contributed by atoms with Gasteiger partial charge in [0.1, 0.15) is 13.2 Å². The second-order valence-corrected chi connectivity index (χ2v) is 22.4. The van der Waals surface area contributed by atoms with Crippen molar-refractivity contribution in [1.29, 1.82) is 0 Å². The van der Waals surface area contributed by atoms with Gasteiger partial charge in [0.25, 0.3) is 0 Å². The fourth-order valence-electron chi connectivity index (χ4n) is 9.83. The van der Waals surface area contributed by atoms with Crippen molar-refractivity contribution >= 4 is 17.9 Å². The lowest BCUT2D eigenvalue weighted by Crippen LogP contribution is -2.30. The van der Waals surface area contributed by atoms with Crippen molar-refractivity contribution in [1.82, 2.24) is 0 Å². The SMILES string of the molecule is CC/C=C\C/C=C\C/C=C\C/C=C\C/C=C\CCCCCC(=O)OC(COC(=O)CCCCCCCCCCCCCCCCCCCCC)COC(=O)CCCCCCCCCCCCCCCCCCCCCC. The van der Waals surface area contributed by atoms with Gasteiger partial charge in [0.15, 0.2) is 6.10 Å². The third-order valence-corrected chi connectivity index (χ3v) is 14.8. The number of rotatable bonds is 61. The summed E-state index contributed by atoms with van der Waals surface area (Å²) in [6, 6.07) is 0. The predicted molar refractivity (Wildman–Crippen MR) is 330 cm³/mol. The van der Waals surface area contributed by atoms with E-state index in [1.807, 2.05) is 0 Å². The Kier molecular flexibility index (Phi) is 62.2. The molecule has 442 valence electrons. The molecule has 0 bridgehead atoms. The molecular weight excluding hydrogens is 937 g/mol. The van der Waals surface area contributed by atoms with Gasteiger partial charge in [-0.2, -0.15) is 0 Å². The number of carbonyl (C=O) groups is 3. The summed E-state index contributed by atoms with van der Waals surface area (Å²) < 4.78 is 17.0. The molecule has 0 N–H and O–H groups in total. The van der Waals surface area contributed by atoms with Gasteiger partial charge in [-0.1, -0.05) is 326 Å². The smallest absolute Gasteiger partial charge is 0.306 e. The molecule has 6 heteroatoms. The minimum atomic E-state index is -0.790. The zero-order valence-corrected chi connectivity index (χ0v) is 50.8. The van der Waals surface area contributed by atoms with E-state index in [2.05, 4.69) is 81.5 Å². The van der Waals surface area contributed by atoms with Crippen LogP contribution in [0.2, 0.25) is 0 Å². The van der Waals surface area contributed by atoms with Crippen LogP contribution < -0.4 is 0 Å². The minimum Gasteiger partial charge on any atom is -0.462 e. The van der Waals surface area contributed by atoms with Crippen molar-refractivity contribution in [2.24, 2.45) is 0 Å². The number of hydrogen-bond donors (Lipinski definition) is 0. The van der Waals surface area contributed by atoms with E-state index in [4.69, 9.17) is 14.2 Å². The second kappa shape index (κ2) is 64.6. The van der Waals surface area contributed by atoms with Crippen LogP contribution in [-0.2, 0) is 28.6 Å². The van der Waals surface area contributed by atoms with Crippen LogP contribution in [-0.4, -0.2) is 37.2 Å². The predicted octanol–water partition coefficient (Wildman–Crippen LogP) is 22.7. The summed E-state index contributed by atoms with van der Waals surface area (Å²) in [6.07, 6.45) is 82.3.